The van der Waals surface area contributed by atoms with Crippen LogP contribution in [0.3, 0.4) is 0 Å². The Balaban J connectivity index is 1.61. The monoisotopic (exact) mass is 369 g/mol. The summed E-state index contributed by atoms with van der Waals surface area (Å²) in [7, 11) is 0. The molecule has 1 aliphatic heterocycles. The topological polar surface area (TPSA) is 37.8 Å². The van der Waals surface area contributed by atoms with E-state index < -0.39 is 0 Å². The highest BCUT2D eigenvalue weighted by Crippen LogP contribution is 2.36. The number of rotatable bonds is 2. The van der Waals surface area contributed by atoms with Gasteiger partial charge in [-0.15, -0.1) is 0 Å². The maximum atomic E-state index is 6.03. The van der Waals surface area contributed by atoms with Crippen molar-refractivity contribution in [1.82, 2.24) is 9.97 Å². The lowest BCUT2D eigenvalue weighted by atomic mass is 9.98. The molecule has 1 atom stereocenters. The molecule has 2 aromatic carbocycles. The quantitative estimate of drug-likeness (QED) is 0.461. The minimum Gasteiger partial charge on any atom is -0.372 e. The van der Waals surface area contributed by atoms with Crippen LogP contribution in [0.25, 0.3) is 28.4 Å². The van der Waals surface area contributed by atoms with E-state index in [2.05, 4.69) is 40.7 Å². The third kappa shape index (κ3) is 2.96. The van der Waals surface area contributed by atoms with Crippen molar-refractivity contribution >= 4 is 34.3 Å². The molecule has 0 spiro atoms. The summed E-state index contributed by atoms with van der Waals surface area (Å²) < 4.78 is 0. The molecule has 0 aliphatic carbocycles. The standard InChI is InChI=1S/C23H16ClN3/c24-18-10-6-15(7-11-18)19-12-8-16-4-5-17-9-13-21(20-3-1-2-14-25-20)27-23(17)22(16)26-19/h1-14,19,26H. The van der Waals surface area contributed by atoms with Gasteiger partial charge in [-0.25, -0.2) is 4.98 Å². The number of anilines is 1. The Morgan fingerprint density at radius 3 is 2.52 bits per heavy atom. The number of fused-ring (bicyclic) bond motifs is 3. The van der Waals surface area contributed by atoms with Crippen LogP contribution in [0.15, 0.2) is 79.0 Å². The van der Waals surface area contributed by atoms with Gasteiger partial charge in [0.1, 0.15) is 0 Å². The fourth-order valence-electron chi connectivity index (χ4n) is 3.42. The first-order valence-corrected chi connectivity index (χ1v) is 9.21. The highest BCUT2D eigenvalue weighted by atomic mass is 35.5. The number of pyridine rings is 2. The average Bonchev–Trinajstić information content (AvgIpc) is 2.74. The summed E-state index contributed by atoms with van der Waals surface area (Å²) in [5, 5.41) is 5.49. The van der Waals surface area contributed by atoms with Crippen molar-refractivity contribution in [3.8, 4) is 11.4 Å². The smallest absolute Gasteiger partial charge is 0.0947 e. The molecule has 3 heterocycles. The second-order valence-corrected chi connectivity index (χ2v) is 6.98. The normalized spacial score (nSPS) is 15.4. The lowest BCUT2D eigenvalue weighted by molar-refractivity contribution is 0.981. The van der Waals surface area contributed by atoms with Crippen LogP contribution < -0.4 is 5.32 Å². The molecule has 1 aliphatic rings. The molecule has 0 saturated heterocycles. The van der Waals surface area contributed by atoms with Gasteiger partial charge in [0.15, 0.2) is 0 Å². The highest BCUT2D eigenvalue weighted by molar-refractivity contribution is 6.30. The Kier molecular flexibility index (Phi) is 3.88. The molecule has 130 valence electrons. The molecule has 1 N–H and O–H groups in total. The summed E-state index contributed by atoms with van der Waals surface area (Å²) in [5.74, 6) is 0. The van der Waals surface area contributed by atoms with Crippen molar-refractivity contribution in [2.75, 3.05) is 5.32 Å². The van der Waals surface area contributed by atoms with Gasteiger partial charge in [-0.1, -0.05) is 60.2 Å². The number of aromatic nitrogens is 2. The van der Waals surface area contributed by atoms with E-state index >= 15 is 0 Å². The van der Waals surface area contributed by atoms with E-state index in [0.717, 1.165) is 38.6 Å². The molecule has 4 heteroatoms. The predicted octanol–water partition coefficient (Wildman–Crippen LogP) is 6.13. The Morgan fingerprint density at radius 2 is 1.70 bits per heavy atom. The molecular weight excluding hydrogens is 354 g/mol. The fraction of sp³-hybridized carbons (Fsp3) is 0.0435. The Morgan fingerprint density at radius 1 is 0.852 bits per heavy atom. The maximum absolute atomic E-state index is 6.03. The van der Waals surface area contributed by atoms with E-state index in [1.807, 2.05) is 48.5 Å². The van der Waals surface area contributed by atoms with Crippen molar-refractivity contribution < 1.29 is 0 Å². The second-order valence-electron chi connectivity index (χ2n) is 6.55. The summed E-state index contributed by atoms with van der Waals surface area (Å²) in [6.07, 6.45) is 6.11. The molecule has 2 aromatic heterocycles. The molecule has 5 rings (SSSR count). The summed E-state index contributed by atoms with van der Waals surface area (Å²) in [6, 6.07) is 22.2. The van der Waals surface area contributed by atoms with Crippen LogP contribution in [0, 0.1) is 0 Å². The molecule has 0 fully saturated rings. The van der Waals surface area contributed by atoms with Crippen LogP contribution in [0.1, 0.15) is 17.2 Å². The van der Waals surface area contributed by atoms with Gasteiger partial charge in [0.25, 0.3) is 0 Å². The van der Waals surface area contributed by atoms with Gasteiger partial charge in [0, 0.05) is 16.6 Å². The zero-order valence-electron chi connectivity index (χ0n) is 14.4. The molecule has 0 radical (unpaired) electrons. The van der Waals surface area contributed by atoms with Crippen molar-refractivity contribution in [1.29, 1.82) is 0 Å². The fourth-order valence-corrected chi connectivity index (χ4v) is 3.55. The number of nitrogens with one attached hydrogen (secondary N) is 1. The lowest BCUT2D eigenvalue weighted by Gasteiger charge is -2.24. The number of benzene rings is 2. The van der Waals surface area contributed by atoms with Crippen molar-refractivity contribution in [2.45, 2.75) is 6.04 Å². The third-order valence-electron chi connectivity index (χ3n) is 4.82. The molecule has 0 amide bonds. The van der Waals surface area contributed by atoms with Gasteiger partial charge in [0.2, 0.25) is 0 Å². The summed E-state index contributed by atoms with van der Waals surface area (Å²) in [4.78, 5) is 9.35. The summed E-state index contributed by atoms with van der Waals surface area (Å²) in [5.41, 5.74) is 6.05. The maximum Gasteiger partial charge on any atom is 0.0947 e. The minimum absolute atomic E-state index is 0.0840. The van der Waals surface area contributed by atoms with Gasteiger partial charge in [-0.2, -0.15) is 0 Å². The van der Waals surface area contributed by atoms with E-state index in [1.165, 1.54) is 5.56 Å². The minimum atomic E-state index is 0.0840. The lowest BCUT2D eigenvalue weighted by Crippen LogP contribution is -2.13. The Bertz CT molecular complexity index is 1150. The molecule has 0 saturated carbocycles. The molecule has 4 aromatic rings. The van der Waals surface area contributed by atoms with Crippen LogP contribution in [-0.4, -0.2) is 9.97 Å². The van der Waals surface area contributed by atoms with Crippen molar-refractivity contribution in [3.05, 3.63) is 95.2 Å². The zero-order valence-corrected chi connectivity index (χ0v) is 15.2. The van der Waals surface area contributed by atoms with Gasteiger partial charge >= 0.3 is 0 Å². The van der Waals surface area contributed by atoms with E-state index in [9.17, 15) is 0 Å². The molecule has 1 unspecified atom stereocenters. The largest absolute Gasteiger partial charge is 0.372 e. The highest BCUT2D eigenvalue weighted by Gasteiger charge is 2.18. The third-order valence-corrected chi connectivity index (χ3v) is 5.07. The first-order valence-electron chi connectivity index (χ1n) is 8.83. The Hall–Kier alpha value is -3.17. The van der Waals surface area contributed by atoms with Crippen LogP contribution in [0.2, 0.25) is 5.02 Å². The first-order chi connectivity index (χ1) is 13.3. The first kappa shape index (κ1) is 16.0. The molecule has 27 heavy (non-hydrogen) atoms. The Labute approximate surface area is 162 Å². The van der Waals surface area contributed by atoms with Gasteiger partial charge in [-0.3, -0.25) is 4.98 Å². The summed E-state index contributed by atoms with van der Waals surface area (Å²) >= 11 is 6.03. The molecular formula is C23H16ClN3. The van der Waals surface area contributed by atoms with Crippen LogP contribution in [-0.2, 0) is 0 Å². The molecule has 3 nitrogen and oxygen atoms in total. The molecule has 0 bridgehead atoms. The van der Waals surface area contributed by atoms with Crippen LogP contribution >= 0.6 is 11.6 Å². The number of hydrogen-bond acceptors (Lipinski definition) is 3. The van der Waals surface area contributed by atoms with Crippen molar-refractivity contribution in [3.63, 3.8) is 0 Å². The number of halogens is 1. The number of hydrogen-bond donors (Lipinski definition) is 1. The van der Waals surface area contributed by atoms with E-state index in [-0.39, 0.29) is 6.04 Å². The van der Waals surface area contributed by atoms with E-state index in [1.54, 1.807) is 6.20 Å². The zero-order chi connectivity index (χ0) is 18.2. The van der Waals surface area contributed by atoms with Crippen LogP contribution in [0.4, 0.5) is 5.69 Å². The summed E-state index contributed by atoms with van der Waals surface area (Å²) in [6.45, 7) is 0. The second kappa shape index (κ2) is 6.53. The number of nitrogens with zero attached hydrogens (tertiary/aromatic N) is 2. The van der Waals surface area contributed by atoms with Gasteiger partial charge in [-0.05, 0) is 41.5 Å². The van der Waals surface area contributed by atoms with Gasteiger partial charge in [0.05, 0.1) is 28.6 Å². The van der Waals surface area contributed by atoms with Crippen molar-refractivity contribution in [2.24, 2.45) is 0 Å². The predicted molar refractivity (Wildman–Crippen MR) is 112 cm³/mol. The van der Waals surface area contributed by atoms with Crippen LogP contribution in [0.5, 0.6) is 0 Å². The van der Waals surface area contributed by atoms with E-state index in [0.29, 0.717) is 0 Å². The van der Waals surface area contributed by atoms with E-state index in [4.69, 9.17) is 16.6 Å². The van der Waals surface area contributed by atoms with Gasteiger partial charge < -0.3 is 5.32 Å². The average molecular weight is 370 g/mol. The SMILES string of the molecule is Clc1ccc(C2C=Cc3ccc4ccc(-c5ccccn5)nc4c3N2)cc1.